The Bertz CT molecular complexity index is 804. The summed E-state index contributed by atoms with van der Waals surface area (Å²) in [7, 11) is 0. The number of aromatic nitrogens is 2. The maximum atomic E-state index is 11.5. The van der Waals surface area contributed by atoms with Crippen LogP contribution in [0.4, 0.5) is 0 Å². The van der Waals surface area contributed by atoms with Gasteiger partial charge in [0, 0.05) is 30.8 Å². The predicted octanol–water partition coefficient (Wildman–Crippen LogP) is 3.16. The number of ether oxygens (including phenoxy) is 1. The van der Waals surface area contributed by atoms with Gasteiger partial charge in [0.2, 0.25) is 5.88 Å². The molecule has 0 radical (unpaired) electrons. The second kappa shape index (κ2) is 6.27. The van der Waals surface area contributed by atoms with Gasteiger partial charge in [0.15, 0.2) is 0 Å². The minimum absolute atomic E-state index is 0.0545. The molecular formula is C18H22ClN3O2S. The van der Waals surface area contributed by atoms with Crippen LogP contribution >= 0.6 is 11.6 Å². The van der Waals surface area contributed by atoms with Crippen molar-refractivity contribution < 1.29 is 9.29 Å². The minimum atomic E-state index is -0.793. The Morgan fingerprint density at radius 1 is 1.28 bits per heavy atom. The van der Waals surface area contributed by atoms with Crippen LogP contribution in [-0.2, 0) is 16.7 Å². The van der Waals surface area contributed by atoms with Crippen LogP contribution in [0.1, 0.15) is 38.2 Å². The lowest BCUT2D eigenvalue weighted by atomic mass is 9.86. The average molecular weight is 380 g/mol. The van der Waals surface area contributed by atoms with Crippen LogP contribution in [0, 0.1) is 5.92 Å². The zero-order chi connectivity index (χ0) is 17.8. The predicted molar refractivity (Wildman–Crippen MR) is 100 cm³/mol. The molecule has 2 aliphatic carbocycles. The van der Waals surface area contributed by atoms with E-state index in [1.165, 1.54) is 0 Å². The fourth-order valence-corrected chi connectivity index (χ4v) is 4.68. The molecule has 2 N–H and O–H groups in total. The van der Waals surface area contributed by atoms with Crippen LogP contribution < -0.4 is 10.5 Å². The van der Waals surface area contributed by atoms with E-state index in [0.29, 0.717) is 17.0 Å². The molecule has 0 amide bonds. The summed E-state index contributed by atoms with van der Waals surface area (Å²) in [6, 6.07) is 1.85. The molecular weight excluding hydrogens is 358 g/mol. The van der Waals surface area contributed by atoms with E-state index < -0.39 is 16.7 Å². The highest BCUT2D eigenvalue weighted by Crippen LogP contribution is 2.46. The Kier molecular flexibility index (Phi) is 4.35. The molecule has 0 saturated heterocycles. The molecule has 7 heteroatoms. The van der Waals surface area contributed by atoms with Gasteiger partial charge in [-0.25, -0.2) is 9.97 Å². The second-order valence-corrected chi connectivity index (χ2v) is 9.47. The van der Waals surface area contributed by atoms with Gasteiger partial charge in [0.25, 0.3) is 0 Å². The summed E-state index contributed by atoms with van der Waals surface area (Å²) in [6.07, 6.45) is 9.21. The SMILES string of the molecule is C[S+]([O-])C1CC(Oc2ncc([C@@](C)(N)C3CC3)c3cc(Cl)ncc23)C1. The fraction of sp³-hybridized carbons (Fsp3) is 0.556. The van der Waals surface area contributed by atoms with E-state index in [1.807, 2.05) is 12.3 Å². The Hall–Kier alpha value is -1.08. The molecule has 2 aromatic rings. The zero-order valence-corrected chi connectivity index (χ0v) is 15.9. The molecule has 2 aromatic heterocycles. The third-order valence-electron chi connectivity index (χ3n) is 5.51. The molecule has 5 nitrogen and oxygen atoms in total. The molecule has 2 heterocycles. The van der Waals surface area contributed by atoms with Gasteiger partial charge in [-0.3, -0.25) is 0 Å². The fourth-order valence-electron chi connectivity index (χ4n) is 3.55. The molecule has 0 aromatic carbocycles. The smallest absolute Gasteiger partial charge is 0.223 e. The second-order valence-electron chi connectivity index (χ2n) is 7.42. The summed E-state index contributed by atoms with van der Waals surface area (Å²) in [5.41, 5.74) is 7.17. The van der Waals surface area contributed by atoms with Crippen LogP contribution in [0.25, 0.3) is 10.8 Å². The Balaban J connectivity index is 1.68. The lowest BCUT2D eigenvalue weighted by molar-refractivity contribution is 0.119. The summed E-state index contributed by atoms with van der Waals surface area (Å²) >= 11 is 5.35. The average Bonchev–Trinajstić information content (AvgIpc) is 3.34. The van der Waals surface area contributed by atoms with Crippen molar-refractivity contribution in [2.24, 2.45) is 11.7 Å². The number of halogens is 1. The first-order valence-corrected chi connectivity index (χ1v) is 10.6. The van der Waals surface area contributed by atoms with E-state index in [-0.39, 0.29) is 11.4 Å². The van der Waals surface area contributed by atoms with Gasteiger partial charge in [-0.1, -0.05) is 22.8 Å². The van der Waals surface area contributed by atoms with Crippen molar-refractivity contribution in [3.8, 4) is 5.88 Å². The molecule has 2 aliphatic rings. The number of hydrogen-bond acceptors (Lipinski definition) is 5. The summed E-state index contributed by atoms with van der Waals surface area (Å²) in [5, 5.41) is 2.45. The normalized spacial score (nSPS) is 26.8. The lowest BCUT2D eigenvalue weighted by Gasteiger charge is -2.34. The molecule has 134 valence electrons. The third-order valence-corrected chi connectivity index (χ3v) is 7.04. The van der Waals surface area contributed by atoms with E-state index in [9.17, 15) is 4.55 Å². The van der Waals surface area contributed by atoms with Crippen molar-refractivity contribution in [2.45, 2.75) is 49.5 Å². The van der Waals surface area contributed by atoms with Gasteiger partial charge in [0.05, 0.1) is 11.6 Å². The summed E-state index contributed by atoms with van der Waals surface area (Å²) < 4.78 is 17.6. The zero-order valence-electron chi connectivity index (χ0n) is 14.4. The van der Waals surface area contributed by atoms with E-state index >= 15 is 0 Å². The maximum absolute atomic E-state index is 11.5. The highest BCUT2D eigenvalue weighted by atomic mass is 35.5. The van der Waals surface area contributed by atoms with Crippen molar-refractivity contribution in [3.05, 3.63) is 29.2 Å². The maximum Gasteiger partial charge on any atom is 0.223 e. The Labute approximate surface area is 155 Å². The quantitative estimate of drug-likeness (QED) is 0.637. The van der Waals surface area contributed by atoms with Crippen molar-refractivity contribution in [2.75, 3.05) is 6.26 Å². The summed E-state index contributed by atoms with van der Waals surface area (Å²) in [5.74, 6) is 1.03. The number of nitrogens with two attached hydrogens (primary N) is 1. The minimum Gasteiger partial charge on any atom is -0.616 e. The highest BCUT2D eigenvalue weighted by molar-refractivity contribution is 7.91. The van der Waals surface area contributed by atoms with E-state index in [4.69, 9.17) is 22.1 Å². The number of fused-ring (bicyclic) bond motifs is 1. The molecule has 1 unspecified atom stereocenters. The largest absolute Gasteiger partial charge is 0.616 e. The summed E-state index contributed by atoms with van der Waals surface area (Å²) in [6.45, 7) is 2.06. The first kappa shape index (κ1) is 17.3. The topological polar surface area (TPSA) is 84.1 Å². The van der Waals surface area contributed by atoms with Crippen LogP contribution in [0.5, 0.6) is 5.88 Å². The van der Waals surface area contributed by atoms with E-state index in [0.717, 1.165) is 42.0 Å². The van der Waals surface area contributed by atoms with Crippen molar-refractivity contribution in [3.63, 3.8) is 0 Å². The van der Waals surface area contributed by atoms with Crippen molar-refractivity contribution in [1.29, 1.82) is 0 Å². The van der Waals surface area contributed by atoms with Crippen LogP contribution in [0.3, 0.4) is 0 Å². The van der Waals surface area contributed by atoms with E-state index in [2.05, 4.69) is 16.9 Å². The number of hydrogen-bond donors (Lipinski definition) is 1. The molecule has 0 bridgehead atoms. The van der Waals surface area contributed by atoms with Crippen molar-refractivity contribution in [1.82, 2.24) is 9.97 Å². The highest BCUT2D eigenvalue weighted by Gasteiger charge is 2.42. The standard InChI is InChI=1S/C18H22ClN3O2S/c1-18(20,10-3-4-10)15-9-22-17(14-8-21-16(19)7-13(14)15)24-11-5-12(6-11)25(2)23/h7-12H,3-6,20H2,1-2H3/t11?,12?,18-,25?/m0/s1. The van der Waals surface area contributed by atoms with Gasteiger partial charge in [0.1, 0.15) is 16.5 Å². The molecule has 4 rings (SSSR count). The Morgan fingerprint density at radius 2 is 2.00 bits per heavy atom. The van der Waals surface area contributed by atoms with Crippen LogP contribution in [-0.4, -0.2) is 32.1 Å². The van der Waals surface area contributed by atoms with Crippen LogP contribution in [0.2, 0.25) is 5.15 Å². The van der Waals surface area contributed by atoms with Gasteiger partial charge in [-0.15, -0.1) is 0 Å². The first-order valence-electron chi connectivity index (χ1n) is 8.58. The van der Waals surface area contributed by atoms with Gasteiger partial charge in [-0.2, -0.15) is 0 Å². The van der Waals surface area contributed by atoms with E-state index in [1.54, 1.807) is 12.5 Å². The number of pyridine rings is 2. The Morgan fingerprint density at radius 3 is 2.64 bits per heavy atom. The van der Waals surface area contributed by atoms with Crippen molar-refractivity contribution >= 4 is 33.5 Å². The molecule has 2 fully saturated rings. The molecule has 2 saturated carbocycles. The van der Waals surface area contributed by atoms with Gasteiger partial charge >= 0.3 is 0 Å². The molecule has 2 atom stereocenters. The third kappa shape index (κ3) is 3.21. The summed E-state index contributed by atoms with van der Waals surface area (Å²) in [4.78, 5) is 8.75. The lowest BCUT2D eigenvalue weighted by Crippen LogP contribution is -2.42. The monoisotopic (exact) mass is 379 g/mol. The molecule has 0 spiro atoms. The first-order chi connectivity index (χ1) is 11.9. The number of rotatable bonds is 5. The number of nitrogens with zero attached hydrogens (tertiary/aromatic N) is 2. The van der Waals surface area contributed by atoms with Crippen LogP contribution in [0.15, 0.2) is 18.5 Å². The van der Waals surface area contributed by atoms with Gasteiger partial charge in [-0.05, 0) is 42.7 Å². The molecule has 0 aliphatic heterocycles. The molecule has 25 heavy (non-hydrogen) atoms. The van der Waals surface area contributed by atoms with Gasteiger partial charge < -0.3 is 15.0 Å².